The number of carbonyl (C=O) groups is 1. The molecular formula is C18H25N5O2. The fraction of sp³-hybridized carbons (Fsp3) is 0.556. The second kappa shape index (κ2) is 6.13. The minimum Gasteiger partial charge on any atom is -0.479 e. The lowest BCUT2D eigenvalue weighted by Gasteiger charge is -2.39. The molecule has 25 heavy (non-hydrogen) atoms. The van der Waals surface area contributed by atoms with Gasteiger partial charge in [-0.25, -0.2) is 4.79 Å². The number of nitrogens with zero attached hydrogens (tertiary/aromatic N) is 5. The van der Waals surface area contributed by atoms with Gasteiger partial charge in [-0.2, -0.15) is 10.2 Å². The molecule has 7 nitrogen and oxygen atoms in total. The van der Waals surface area contributed by atoms with Crippen molar-refractivity contribution in [2.75, 3.05) is 18.0 Å². The first-order valence-corrected chi connectivity index (χ1v) is 8.58. The van der Waals surface area contributed by atoms with Crippen LogP contribution in [0.3, 0.4) is 0 Å². The predicted molar refractivity (Wildman–Crippen MR) is 94.8 cm³/mol. The fourth-order valence-electron chi connectivity index (χ4n) is 3.17. The summed E-state index contributed by atoms with van der Waals surface area (Å²) in [6.07, 6.45) is 2.75. The Kier molecular flexibility index (Phi) is 4.26. The SMILES string of the molecule is Cc1ccc(N2CCC(C(=O)O)(n3ccc(C(C)(C)C)n3)CC2)nn1. The molecule has 1 fully saturated rings. The number of hydrogen-bond acceptors (Lipinski definition) is 5. The topological polar surface area (TPSA) is 84.1 Å². The second-order valence-corrected chi connectivity index (χ2v) is 7.75. The zero-order chi connectivity index (χ0) is 18.2. The van der Waals surface area contributed by atoms with Crippen LogP contribution in [-0.2, 0) is 15.7 Å². The molecule has 0 radical (unpaired) electrons. The summed E-state index contributed by atoms with van der Waals surface area (Å²) in [4.78, 5) is 14.2. The van der Waals surface area contributed by atoms with Gasteiger partial charge in [0.15, 0.2) is 11.4 Å². The van der Waals surface area contributed by atoms with E-state index in [4.69, 9.17) is 0 Å². The molecule has 3 rings (SSSR count). The van der Waals surface area contributed by atoms with Gasteiger partial charge in [-0.15, -0.1) is 5.10 Å². The predicted octanol–water partition coefficient (Wildman–Crippen LogP) is 2.36. The van der Waals surface area contributed by atoms with E-state index in [1.165, 1.54) is 0 Å². The maximum atomic E-state index is 12.1. The van der Waals surface area contributed by atoms with Gasteiger partial charge in [-0.1, -0.05) is 20.8 Å². The van der Waals surface area contributed by atoms with Crippen molar-refractivity contribution in [1.29, 1.82) is 0 Å². The number of aryl methyl sites for hydroxylation is 1. The smallest absolute Gasteiger partial charge is 0.331 e. The van der Waals surface area contributed by atoms with E-state index >= 15 is 0 Å². The molecule has 7 heteroatoms. The van der Waals surface area contributed by atoms with Crippen LogP contribution in [0.4, 0.5) is 5.82 Å². The molecule has 0 unspecified atom stereocenters. The van der Waals surface area contributed by atoms with Crippen LogP contribution in [0.2, 0.25) is 0 Å². The molecule has 1 aliphatic heterocycles. The van der Waals surface area contributed by atoms with Gasteiger partial charge in [0, 0.05) is 37.5 Å². The lowest BCUT2D eigenvalue weighted by atomic mass is 9.87. The first kappa shape index (κ1) is 17.4. The molecule has 0 amide bonds. The normalized spacial score (nSPS) is 17.5. The molecule has 1 aliphatic rings. The lowest BCUT2D eigenvalue weighted by Crippen LogP contribution is -2.51. The van der Waals surface area contributed by atoms with Crippen LogP contribution < -0.4 is 4.90 Å². The zero-order valence-electron chi connectivity index (χ0n) is 15.2. The average molecular weight is 343 g/mol. The second-order valence-electron chi connectivity index (χ2n) is 7.75. The Morgan fingerprint density at radius 1 is 1.16 bits per heavy atom. The number of hydrogen-bond donors (Lipinski definition) is 1. The molecular weight excluding hydrogens is 318 g/mol. The van der Waals surface area contributed by atoms with Gasteiger partial charge in [0.25, 0.3) is 0 Å². The Morgan fingerprint density at radius 2 is 1.84 bits per heavy atom. The Labute approximate surface area is 147 Å². The van der Waals surface area contributed by atoms with Crippen molar-refractivity contribution in [3.63, 3.8) is 0 Å². The first-order valence-electron chi connectivity index (χ1n) is 8.58. The molecule has 3 heterocycles. The highest BCUT2D eigenvalue weighted by molar-refractivity contribution is 5.77. The van der Waals surface area contributed by atoms with Crippen LogP contribution in [0.5, 0.6) is 0 Å². The molecule has 1 N–H and O–H groups in total. The van der Waals surface area contributed by atoms with Gasteiger partial charge < -0.3 is 10.0 Å². The summed E-state index contributed by atoms with van der Waals surface area (Å²) < 4.78 is 1.65. The average Bonchev–Trinajstić information content (AvgIpc) is 3.06. The standard InChI is InChI=1S/C18H25N5O2/c1-13-5-6-15(20-19-13)22-11-8-18(9-12-22,16(24)25)23-10-7-14(21-23)17(2,3)4/h5-7,10H,8-9,11-12H2,1-4H3,(H,24,25). The largest absolute Gasteiger partial charge is 0.479 e. The lowest BCUT2D eigenvalue weighted by molar-refractivity contribution is -0.149. The quantitative estimate of drug-likeness (QED) is 0.921. The molecule has 0 bridgehead atoms. The summed E-state index contributed by atoms with van der Waals surface area (Å²) in [5, 5.41) is 22.8. The maximum absolute atomic E-state index is 12.1. The number of anilines is 1. The molecule has 1 saturated heterocycles. The van der Waals surface area contributed by atoms with Crippen LogP contribution in [0.15, 0.2) is 24.4 Å². The molecule has 0 aliphatic carbocycles. The van der Waals surface area contributed by atoms with E-state index < -0.39 is 11.5 Å². The van der Waals surface area contributed by atoms with Crippen LogP contribution >= 0.6 is 0 Å². The highest BCUT2D eigenvalue weighted by Crippen LogP contribution is 2.33. The number of piperidine rings is 1. The van der Waals surface area contributed by atoms with E-state index in [-0.39, 0.29) is 5.41 Å². The monoisotopic (exact) mass is 343 g/mol. The minimum absolute atomic E-state index is 0.108. The first-order chi connectivity index (χ1) is 11.7. The third kappa shape index (κ3) is 3.23. The van der Waals surface area contributed by atoms with E-state index in [0.717, 1.165) is 17.2 Å². The molecule has 0 aromatic carbocycles. The minimum atomic E-state index is -1.00. The Balaban J connectivity index is 1.83. The third-order valence-electron chi connectivity index (χ3n) is 4.89. The van der Waals surface area contributed by atoms with Gasteiger partial charge in [-0.3, -0.25) is 4.68 Å². The molecule has 134 valence electrons. The summed E-state index contributed by atoms with van der Waals surface area (Å²) in [5.74, 6) is -0.0360. The van der Waals surface area contributed by atoms with Crippen LogP contribution in [0, 0.1) is 6.92 Å². The van der Waals surface area contributed by atoms with Crippen molar-refractivity contribution in [3.05, 3.63) is 35.8 Å². The Hall–Kier alpha value is -2.44. The van der Waals surface area contributed by atoms with Gasteiger partial charge in [-0.05, 0) is 25.1 Å². The molecule has 0 saturated carbocycles. The van der Waals surface area contributed by atoms with Gasteiger partial charge in [0.1, 0.15) is 0 Å². The van der Waals surface area contributed by atoms with Crippen molar-refractivity contribution in [2.24, 2.45) is 0 Å². The number of aliphatic carboxylic acids is 1. The number of aromatic nitrogens is 4. The number of carboxylic acids is 1. The van der Waals surface area contributed by atoms with Crippen molar-refractivity contribution in [2.45, 2.75) is 51.5 Å². The number of rotatable bonds is 3. The Morgan fingerprint density at radius 3 is 2.32 bits per heavy atom. The molecule has 2 aromatic rings. The number of carboxylic acid groups (broad SMARTS) is 1. The summed E-state index contributed by atoms with van der Waals surface area (Å²) in [6, 6.07) is 5.77. The van der Waals surface area contributed by atoms with Gasteiger partial charge in [0.2, 0.25) is 0 Å². The summed E-state index contributed by atoms with van der Waals surface area (Å²) in [7, 11) is 0. The highest BCUT2D eigenvalue weighted by Gasteiger charge is 2.44. The fourth-order valence-corrected chi connectivity index (χ4v) is 3.17. The maximum Gasteiger partial charge on any atom is 0.331 e. The van der Waals surface area contributed by atoms with E-state index in [0.29, 0.717) is 25.9 Å². The van der Waals surface area contributed by atoms with Gasteiger partial charge >= 0.3 is 5.97 Å². The van der Waals surface area contributed by atoms with Crippen LogP contribution in [0.25, 0.3) is 0 Å². The van der Waals surface area contributed by atoms with E-state index in [2.05, 4.69) is 41.0 Å². The van der Waals surface area contributed by atoms with Crippen molar-refractivity contribution >= 4 is 11.8 Å². The van der Waals surface area contributed by atoms with Gasteiger partial charge in [0.05, 0.1) is 11.4 Å². The van der Waals surface area contributed by atoms with Crippen LogP contribution in [-0.4, -0.2) is 44.1 Å². The van der Waals surface area contributed by atoms with Crippen molar-refractivity contribution in [3.8, 4) is 0 Å². The summed E-state index contributed by atoms with van der Waals surface area (Å²) in [5.41, 5.74) is 0.660. The summed E-state index contributed by atoms with van der Waals surface area (Å²) >= 11 is 0. The Bertz CT molecular complexity index is 753. The van der Waals surface area contributed by atoms with E-state index in [1.807, 2.05) is 25.1 Å². The van der Waals surface area contributed by atoms with Crippen molar-refractivity contribution in [1.82, 2.24) is 20.0 Å². The van der Waals surface area contributed by atoms with Crippen molar-refractivity contribution < 1.29 is 9.90 Å². The molecule has 0 spiro atoms. The summed E-state index contributed by atoms with van der Waals surface area (Å²) in [6.45, 7) is 9.33. The zero-order valence-corrected chi connectivity index (χ0v) is 15.2. The molecule has 0 atom stereocenters. The van der Waals surface area contributed by atoms with Crippen LogP contribution in [0.1, 0.15) is 45.0 Å². The van der Waals surface area contributed by atoms with E-state index in [9.17, 15) is 9.90 Å². The van der Waals surface area contributed by atoms with E-state index in [1.54, 1.807) is 10.9 Å². The molecule has 2 aromatic heterocycles. The highest BCUT2D eigenvalue weighted by atomic mass is 16.4. The third-order valence-corrected chi connectivity index (χ3v) is 4.89.